The molecule has 1 fully saturated rings. The van der Waals surface area contributed by atoms with Gasteiger partial charge in [-0.25, -0.2) is 4.98 Å². The van der Waals surface area contributed by atoms with E-state index in [1.807, 2.05) is 0 Å². The Balaban J connectivity index is 1.97. The first-order valence-electron chi connectivity index (χ1n) is 7.36. The Bertz CT molecular complexity index is 383. The molecule has 1 aromatic rings. The molecule has 0 spiro atoms. The summed E-state index contributed by atoms with van der Waals surface area (Å²) in [5.74, 6) is 2.37. The Kier molecular flexibility index (Phi) is 5.98. The van der Waals surface area contributed by atoms with Crippen molar-refractivity contribution in [1.29, 1.82) is 0 Å². The minimum atomic E-state index is 0.762. The highest BCUT2D eigenvalue weighted by Crippen LogP contribution is 2.24. The third kappa shape index (κ3) is 4.39. The molecule has 1 saturated heterocycles. The first-order valence-corrected chi connectivity index (χ1v) is 8.41. The van der Waals surface area contributed by atoms with Gasteiger partial charge in [0.2, 0.25) is 0 Å². The molecule has 0 aromatic carbocycles. The summed E-state index contributed by atoms with van der Waals surface area (Å²) in [5, 5.41) is 4.18. The lowest BCUT2D eigenvalue weighted by molar-refractivity contribution is 0.660. The van der Waals surface area contributed by atoms with Gasteiger partial charge < -0.3 is 10.2 Å². The molecular weight excluding hydrogens is 254 g/mol. The molecule has 2 heterocycles. The molecule has 1 aliphatic heterocycles. The van der Waals surface area contributed by atoms with Gasteiger partial charge in [-0.1, -0.05) is 19.9 Å². The summed E-state index contributed by atoms with van der Waals surface area (Å²) in [5.41, 5.74) is 1.15. The molecule has 0 saturated carbocycles. The molecule has 2 rings (SSSR count). The smallest absolute Gasteiger partial charge is 0.128 e. The van der Waals surface area contributed by atoms with Crippen LogP contribution in [0, 0.1) is 0 Å². The molecule has 1 N–H and O–H groups in total. The van der Waals surface area contributed by atoms with E-state index in [4.69, 9.17) is 4.98 Å². The van der Waals surface area contributed by atoms with Gasteiger partial charge in [-0.2, -0.15) is 11.8 Å². The van der Waals surface area contributed by atoms with E-state index in [0.29, 0.717) is 0 Å². The van der Waals surface area contributed by atoms with Crippen molar-refractivity contribution in [3.05, 3.63) is 23.9 Å². The van der Waals surface area contributed by atoms with E-state index in [1.165, 1.54) is 18.6 Å². The molecule has 0 radical (unpaired) electrons. The number of nitrogens with zero attached hydrogens (tertiary/aromatic N) is 2. The molecule has 19 heavy (non-hydrogen) atoms. The number of pyridine rings is 1. The van der Waals surface area contributed by atoms with Gasteiger partial charge in [0.25, 0.3) is 0 Å². The van der Waals surface area contributed by atoms with Crippen LogP contribution in [-0.4, -0.2) is 35.6 Å². The summed E-state index contributed by atoms with van der Waals surface area (Å²) < 4.78 is 0. The molecule has 4 heteroatoms. The van der Waals surface area contributed by atoms with Crippen LogP contribution in [0.5, 0.6) is 0 Å². The predicted molar refractivity (Wildman–Crippen MR) is 85.0 cm³/mol. The van der Waals surface area contributed by atoms with E-state index in [1.54, 1.807) is 0 Å². The van der Waals surface area contributed by atoms with Gasteiger partial charge in [0, 0.05) is 30.6 Å². The summed E-state index contributed by atoms with van der Waals surface area (Å²) in [6.45, 7) is 8.67. The molecule has 106 valence electrons. The summed E-state index contributed by atoms with van der Waals surface area (Å²) in [7, 11) is 0. The monoisotopic (exact) mass is 279 g/mol. The van der Waals surface area contributed by atoms with Crippen LogP contribution in [0.15, 0.2) is 18.2 Å². The van der Waals surface area contributed by atoms with Crippen LogP contribution >= 0.6 is 11.8 Å². The van der Waals surface area contributed by atoms with Crippen molar-refractivity contribution >= 4 is 17.6 Å². The van der Waals surface area contributed by atoms with Crippen molar-refractivity contribution in [3.63, 3.8) is 0 Å². The van der Waals surface area contributed by atoms with E-state index >= 15 is 0 Å². The van der Waals surface area contributed by atoms with Crippen LogP contribution in [-0.2, 0) is 6.54 Å². The highest BCUT2D eigenvalue weighted by atomic mass is 32.2. The number of thioether (sulfide) groups is 1. The van der Waals surface area contributed by atoms with Crippen molar-refractivity contribution in [2.75, 3.05) is 30.3 Å². The summed E-state index contributed by atoms with van der Waals surface area (Å²) in [6, 6.07) is 6.39. The average Bonchev–Trinajstić information content (AvgIpc) is 2.48. The van der Waals surface area contributed by atoms with E-state index < -0.39 is 0 Å². The minimum absolute atomic E-state index is 0.762. The number of hydrogen-bond acceptors (Lipinski definition) is 4. The quantitative estimate of drug-likeness (QED) is 0.811. The molecular formula is C15H25N3S. The zero-order valence-corrected chi connectivity index (χ0v) is 12.9. The summed E-state index contributed by atoms with van der Waals surface area (Å²) in [4.78, 5) is 7.23. The molecule has 3 nitrogen and oxygen atoms in total. The van der Waals surface area contributed by atoms with Crippen LogP contribution < -0.4 is 10.2 Å². The highest BCUT2D eigenvalue weighted by molar-refractivity contribution is 8.00. The van der Waals surface area contributed by atoms with Gasteiger partial charge in [0.1, 0.15) is 5.82 Å². The third-order valence-electron chi connectivity index (χ3n) is 3.44. The number of nitrogens with one attached hydrogen (secondary N) is 1. The maximum atomic E-state index is 4.79. The minimum Gasteiger partial charge on any atom is -0.355 e. The molecule has 1 aromatic heterocycles. The normalized spacial score (nSPS) is 19.7. The SMILES string of the molecule is CCCNCc1cccc(N2CCSC(CC)C2)n1. The molecule has 1 unspecified atom stereocenters. The molecule has 1 aliphatic rings. The zero-order valence-electron chi connectivity index (χ0n) is 12.1. The molecule has 1 atom stereocenters. The van der Waals surface area contributed by atoms with Crippen molar-refractivity contribution < 1.29 is 0 Å². The van der Waals surface area contributed by atoms with Crippen molar-refractivity contribution in [1.82, 2.24) is 10.3 Å². The predicted octanol–water partition coefficient (Wildman–Crippen LogP) is 2.91. The number of hydrogen-bond donors (Lipinski definition) is 1. The number of anilines is 1. The van der Waals surface area contributed by atoms with E-state index in [-0.39, 0.29) is 0 Å². The van der Waals surface area contributed by atoms with Gasteiger partial charge >= 0.3 is 0 Å². The van der Waals surface area contributed by atoms with Crippen LogP contribution in [0.3, 0.4) is 0 Å². The Morgan fingerprint density at radius 1 is 1.42 bits per heavy atom. The Morgan fingerprint density at radius 2 is 2.32 bits per heavy atom. The average molecular weight is 279 g/mol. The number of aromatic nitrogens is 1. The molecule has 0 aliphatic carbocycles. The fourth-order valence-electron chi connectivity index (χ4n) is 2.31. The lowest BCUT2D eigenvalue weighted by atomic mass is 10.2. The van der Waals surface area contributed by atoms with Gasteiger partial charge in [-0.3, -0.25) is 0 Å². The van der Waals surface area contributed by atoms with Crippen molar-refractivity contribution in [2.24, 2.45) is 0 Å². The maximum absolute atomic E-state index is 4.79. The topological polar surface area (TPSA) is 28.2 Å². The summed E-state index contributed by atoms with van der Waals surface area (Å²) in [6.07, 6.45) is 2.42. The van der Waals surface area contributed by atoms with Crippen LogP contribution in [0.4, 0.5) is 5.82 Å². The second-order valence-electron chi connectivity index (χ2n) is 5.01. The van der Waals surface area contributed by atoms with Crippen molar-refractivity contribution in [2.45, 2.75) is 38.5 Å². The fraction of sp³-hybridized carbons (Fsp3) is 0.667. The van der Waals surface area contributed by atoms with Gasteiger partial charge in [0.05, 0.1) is 5.69 Å². The van der Waals surface area contributed by atoms with Crippen LogP contribution in [0.2, 0.25) is 0 Å². The lowest BCUT2D eigenvalue weighted by Gasteiger charge is -2.33. The highest BCUT2D eigenvalue weighted by Gasteiger charge is 2.19. The Hall–Kier alpha value is -0.740. The van der Waals surface area contributed by atoms with E-state index in [0.717, 1.165) is 42.9 Å². The fourth-order valence-corrected chi connectivity index (χ4v) is 3.49. The zero-order chi connectivity index (χ0) is 13.5. The van der Waals surface area contributed by atoms with Gasteiger partial charge in [0.15, 0.2) is 0 Å². The Morgan fingerprint density at radius 3 is 3.11 bits per heavy atom. The standard InChI is InChI=1S/C15H25N3S/c1-3-8-16-11-13-6-5-7-15(17-13)18-9-10-19-14(4-2)12-18/h5-7,14,16H,3-4,8-12H2,1-2H3. The summed E-state index contributed by atoms with van der Waals surface area (Å²) >= 11 is 2.10. The second-order valence-corrected chi connectivity index (χ2v) is 6.42. The lowest BCUT2D eigenvalue weighted by Crippen LogP contribution is -2.38. The van der Waals surface area contributed by atoms with Gasteiger partial charge in [-0.15, -0.1) is 0 Å². The third-order valence-corrected chi connectivity index (χ3v) is 4.82. The van der Waals surface area contributed by atoms with Crippen LogP contribution in [0.25, 0.3) is 0 Å². The molecule has 0 bridgehead atoms. The number of rotatable bonds is 6. The maximum Gasteiger partial charge on any atom is 0.128 e. The first kappa shape index (κ1) is 14.7. The second kappa shape index (κ2) is 7.75. The van der Waals surface area contributed by atoms with E-state index in [9.17, 15) is 0 Å². The largest absolute Gasteiger partial charge is 0.355 e. The Labute approximate surface area is 121 Å². The molecule has 0 amide bonds. The van der Waals surface area contributed by atoms with Crippen LogP contribution in [0.1, 0.15) is 32.4 Å². The van der Waals surface area contributed by atoms with Gasteiger partial charge in [-0.05, 0) is 31.5 Å². The van der Waals surface area contributed by atoms with E-state index in [2.05, 4.69) is 54.0 Å². The first-order chi connectivity index (χ1) is 9.33. The van der Waals surface area contributed by atoms with Crippen molar-refractivity contribution in [3.8, 4) is 0 Å².